The number of ether oxygens (including phenoxy) is 1. The molecule has 0 saturated heterocycles. The highest BCUT2D eigenvalue weighted by Gasteiger charge is 2.36. The molecule has 1 fully saturated rings. The maximum absolute atomic E-state index is 13.5. The Morgan fingerprint density at radius 1 is 1.09 bits per heavy atom. The molecule has 0 radical (unpaired) electrons. The van der Waals surface area contributed by atoms with Crippen LogP contribution in [0.5, 0.6) is 5.75 Å². The summed E-state index contributed by atoms with van der Waals surface area (Å²) in [4.78, 5) is 27.7. The predicted molar refractivity (Wildman–Crippen MR) is 130 cm³/mol. The lowest BCUT2D eigenvalue weighted by Gasteiger charge is -2.39. The van der Waals surface area contributed by atoms with Crippen LogP contribution >= 0.6 is 0 Å². The summed E-state index contributed by atoms with van der Waals surface area (Å²) in [7, 11) is 0. The lowest BCUT2D eigenvalue weighted by molar-refractivity contribution is -0.137. The highest BCUT2D eigenvalue weighted by atomic mass is 16.5. The Bertz CT molecular complexity index is 977. The van der Waals surface area contributed by atoms with Gasteiger partial charge >= 0.3 is 0 Å². The Balaban J connectivity index is 1.60. The topological polar surface area (TPSA) is 58.6 Å². The number of nitrogens with zero attached hydrogens (tertiary/aromatic N) is 1. The van der Waals surface area contributed by atoms with E-state index in [1.807, 2.05) is 12.1 Å². The Labute approximate surface area is 197 Å². The van der Waals surface area contributed by atoms with Crippen molar-refractivity contribution in [1.82, 2.24) is 10.2 Å². The van der Waals surface area contributed by atoms with Crippen molar-refractivity contribution in [1.29, 1.82) is 0 Å². The quantitative estimate of drug-likeness (QED) is 0.661. The van der Waals surface area contributed by atoms with Crippen molar-refractivity contribution >= 4 is 11.8 Å². The van der Waals surface area contributed by atoms with E-state index in [9.17, 15) is 9.59 Å². The molecule has 1 heterocycles. The number of rotatable bonds is 7. The number of fused-ring (bicyclic) bond motifs is 1. The minimum Gasteiger partial charge on any atom is -0.484 e. The van der Waals surface area contributed by atoms with Crippen molar-refractivity contribution in [3.05, 3.63) is 64.7 Å². The molecule has 2 aromatic rings. The first kappa shape index (κ1) is 23.3. The molecule has 0 spiro atoms. The molecule has 5 heteroatoms. The SMILES string of the molecule is Cc1ccc([C@H]2c3cc(OCC(=O)NCC(C)C)ccc3CCN2C(=O)C2CCCC2)cc1. The summed E-state index contributed by atoms with van der Waals surface area (Å²) in [6.07, 6.45) is 5.12. The third kappa shape index (κ3) is 5.58. The number of benzene rings is 2. The van der Waals surface area contributed by atoms with Crippen molar-refractivity contribution in [2.75, 3.05) is 19.7 Å². The van der Waals surface area contributed by atoms with E-state index in [1.165, 1.54) is 11.1 Å². The van der Waals surface area contributed by atoms with Crippen molar-refractivity contribution < 1.29 is 14.3 Å². The fraction of sp³-hybridized carbons (Fsp3) is 0.500. The molecule has 0 aromatic heterocycles. The second-order valence-electron chi connectivity index (χ2n) is 9.92. The number of hydrogen-bond donors (Lipinski definition) is 1. The second-order valence-corrected chi connectivity index (χ2v) is 9.92. The molecule has 2 aliphatic rings. The van der Waals surface area contributed by atoms with Gasteiger partial charge in [0.2, 0.25) is 5.91 Å². The summed E-state index contributed by atoms with van der Waals surface area (Å²) in [6, 6.07) is 14.4. The molecule has 2 amide bonds. The smallest absolute Gasteiger partial charge is 0.257 e. The van der Waals surface area contributed by atoms with Gasteiger partial charge in [-0.05, 0) is 60.9 Å². The zero-order chi connectivity index (χ0) is 23.4. The van der Waals surface area contributed by atoms with Crippen LogP contribution in [-0.2, 0) is 16.0 Å². The van der Waals surface area contributed by atoms with E-state index < -0.39 is 0 Å². The van der Waals surface area contributed by atoms with Crippen LogP contribution < -0.4 is 10.1 Å². The molecule has 1 aliphatic carbocycles. The maximum atomic E-state index is 13.5. The molecule has 4 rings (SSSR count). The number of carbonyl (C=O) groups excluding carboxylic acids is 2. The Morgan fingerprint density at radius 3 is 2.52 bits per heavy atom. The lowest BCUT2D eigenvalue weighted by Crippen LogP contribution is -2.43. The van der Waals surface area contributed by atoms with Crippen LogP contribution in [0.15, 0.2) is 42.5 Å². The van der Waals surface area contributed by atoms with E-state index in [-0.39, 0.29) is 30.4 Å². The monoisotopic (exact) mass is 448 g/mol. The van der Waals surface area contributed by atoms with E-state index in [2.05, 4.69) is 61.3 Å². The van der Waals surface area contributed by atoms with Gasteiger partial charge in [0.15, 0.2) is 6.61 Å². The van der Waals surface area contributed by atoms with Crippen LogP contribution in [0.1, 0.15) is 67.8 Å². The number of aryl methyl sites for hydroxylation is 1. The van der Waals surface area contributed by atoms with Gasteiger partial charge in [-0.25, -0.2) is 0 Å². The van der Waals surface area contributed by atoms with E-state index in [1.54, 1.807) is 0 Å². The van der Waals surface area contributed by atoms with Crippen LogP contribution in [-0.4, -0.2) is 36.4 Å². The largest absolute Gasteiger partial charge is 0.484 e. The summed E-state index contributed by atoms with van der Waals surface area (Å²) >= 11 is 0. The van der Waals surface area contributed by atoms with E-state index in [0.717, 1.165) is 49.8 Å². The van der Waals surface area contributed by atoms with E-state index >= 15 is 0 Å². The maximum Gasteiger partial charge on any atom is 0.257 e. The molecule has 0 bridgehead atoms. The molecular formula is C28H36N2O3. The molecular weight excluding hydrogens is 412 g/mol. The van der Waals surface area contributed by atoms with Gasteiger partial charge in [0.25, 0.3) is 5.91 Å². The normalized spacial score (nSPS) is 18.3. The average Bonchev–Trinajstić information content (AvgIpc) is 3.36. The minimum atomic E-state index is -0.124. The van der Waals surface area contributed by atoms with Gasteiger partial charge < -0.3 is 15.0 Å². The summed E-state index contributed by atoms with van der Waals surface area (Å²) in [5.41, 5.74) is 4.68. The number of amides is 2. The van der Waals surface area contributed by atoms with Crippen LogP contribution in [0.4, 0.5) is 0 Å². The first-order valence-corrected chi connectivity index (χ1v) is 12.3. The third-order valence-corrected chi connectivity index (χ3v) is 6.80. The highest BCUT2D eigenvalue weighted by molar-refractivity contribution is 5.80. The molecule has 1 saturated carbocycles. The average molecular weight is 449 g/mol. The zero-order valence-electron chi connectivity index (χ0n) is 20.1. The summed E-state index contributed by atoms with van der Waals surface area (Å²) in [6.45, 7) is 7.57. The highest BCUT2D eigenvalue weighted by Crippen LogP contribution is 2.39. The first-order chi connectivity index (χ1) is 15.9. The molecule has 33 heavy (non-hydrogen) atoms. The van der Waals surface area contributed by atoms with Crippen LogP contribution in [0.3, 0.4) is 0 Å². The number of hydrogen-bond acceptors (Lipinski definition) is 3. The van der Waals surface area contributed by atoms with Crippen LogP contribution in [0.25, 0.3) is 0 Å². The second kappa shape index (κ2) is 10.4. The predicted octanol–water partition coefficient (Wildman–Crippen LogP) is 4.81. The Hall–Kier alpha value is -2.82. The summed E-state index contributed by atoms with van der Waals surface area (Å²) in [5.74, 6) is 1.37. The van der Waals surface area contributed by atoms with Crippen molar-refractivity contribution in [3.8, 4) is 5.75 Å². The van der Waals surface area contributed by atoms with Gasteiger partial charge in [-0.3, -0.25) is 9.59 Å². The van der Waals surface area contributed by atoms with Crippen molar-refractivity contribution in [3.63, 3.8) is 0 Å². The molecule has 1 aliphatic heterocycles. The molecule has 176 valence electrons. The van der Waals surface area contributed by atoms with Gasteiger partial charge in [-0.15, -0.1) is 0 Å². The summed E-state index contributed by atoms with van der Waals surface area (Å²) < 4.78 is 5.85. The Morgan fingerprint density at radius 2 is 1.82 bits per heavy atom. The number of nitrogens with one attached hydrogen (secondary N) is 1. The standard InChI is InChI=1S/C28H36N2O3/c1-19(2)17-29-26(31)18-33-24-13-12-21-14-15-30(28(32)23-6-4-5-7-23)27(25(21)16-24)22-10-8-20(3)9-11-22/h8-13,16,19,23,27H,4-7,14-15,17-18H2,1-3H3,(H,29,31)/t27-/m0/s1. The first-order valence-electron chi connectivity index (χ1n) is 12.3. The molecule has 5 nitrogen and oxygen atoms in total. The molecule has 0 unspecified atom stereocenters. The molecule has 2 aromatic carbocycles. The van der Waals surface area contributed by atoms with Gasteiger partial charge in [-0.2, -0.15) is 0 Å². The fourth-order valence-corrected chi connectivity index (χ4v) is 4.95. The van der Waals surface area contributed by atoms with E-state index in [0.29, 0.717) is 18.2 Å². The third-order valence-electron chi connectivity index (χ3n) is 6.80. The molecule has 1 atom stereocenters. The minimum absolute atomic E-state index is 0.00851. The van der Waals surface area contributed by atoms with Gasteiger partial charge in [0.05, 0.1) is 6.04 Å². The van der Waals surface area contributed by atoms with Crippen LogP contribution in [0, 0.1) is 18.8 Å². The lowest BCUT2D eigenvalue weighted by atomic mass is 9.86. The number of carbonyl (C=O) groups is 2. The van der Waals surface area contributed by atoms with Crippen molar-refractivity contribution in [2.24, 2.45) is 11.8 Å². The van der Waals surface area contributed by atoms with Gasteiger partial charge in [0, 0.05) is 19.0 Å². The van der Waals surface area contributed by atoms with Gasteiger partial charge in [-0.1, -0.05) is 62.6 Å². The molecule has 1 N–H and O–H groups in total. The van der Waals surface area contributed by atoms with Gasteiger partial charge in [0.1, 0.15) is 5.75 Å². The zero-order valence-corrected chi connectivity index (χ0v) is 20.1. The fourth-order valence-electron chi connectivity index (χ4n) is 4.95. The van der Waals surface area contributed by atoms with E-state index in [4.69, 9.17) is 4.74 Å². The van der Waals surface area contributed by atoms with Crippen molar-refractivity contribution in [2.45, 2.75) is 58.9 Å². The summed E-state index contributed by atoms with van der Waals surface area (Å²) in [5, 5.41) is 2.89. The van der Waals surface area contributed by atoms with Crippen LogP contribution in [0.2, 0.25) is 0 Å². The Kier molecular flexibility index (Phi) is 7.36.